The lowest BCUT2D eigenvalue weighted by atomic mass is 10.1. The van der Waals surface area contributed by atoms with Crippen molar-refractivity contribution >= 4 is 22.6 Å². The number of hydrogen-bond acceptors (Lipinski definition) is 4. The number of nitrogens with zero attached hydrogens (tertiary/aromatic N) is 2. The molecule has 0 unspecified atom stereocenters. The summed E-state index contributed by atoms with van der Waals surface area (Å²) in [5.74, 6) is 0.0567. The summed E-state index contributed by atoms with van der Waals surface area (Å²) in [5.41, 5.74) is 3.70. The molecule has 32 heavy (non-hydrogen) atoms. The molecule has 0 fully saturated rings. The Labute approximate surface area is 186 Å². The number of aromatic nitrogens is 3. The Kier molecular flexibility index (Phi) is 6.65. The minimum atomic E-state index is -0.277. The molecule has 7 heteroatoms. The number of carbonyl (C=O) groups is 1. The minimum absolute atomic E-state index is 0.0374. The highest BCUT2D eigenvalue weighted by Gasteiger charge is 2.13. The van der Waals surface area contributed by atoms with Crippen molar-refractivity contribution in [3.05, 3.63) is 94.2 Å². The molecule has 1 amide bonds. The third-order valence-corrected chi connectivity index (χ3v) is 5.46. The maximum Gasteiger partial charge on any atom is 0.293 e. The highest BCUT2D eigenvalue weighted by atomic mass is 16.2. The first-order chi connectivity index (χ1) is 15.6. The van der Waals surface area contributed by atoms with Crippen LogP contribution in [0.3, 0.4) is 0 Å². The highest BCUT2D eigenvalue weighted by molar-refractivity contribution is 5.80. The molecule has 0 spiro atoms. The monoisotopic (exact) mass is 429 g/mol. The molecular formula is C25H27N5O2. The second-order valence-electron chi connectivity index (χ2n) is 7.68. The lowest BCUT2D eigenvalue weighted by Crippen LogP contribution is -2.35. The number of rotatable bonds is 9. The molecule has 0 aliphatic heterocycles. The van der Waals surface area contributed by atoms with Gasteiger partial charge in [-0.05, 0) is 47.6 Å². The summed E-state index contributed by atoms with van der Waals surface area (Å²) in [6, 6.07) is 18.1. The SMILES string of the molecule is CCc1cnc(NCCc2ccccc2)c(=O)n1CC(=O)NCc1ccc2[nH]ccc2c1. The van der Waals surface area contributed by atoms with Crippen LogP contribution in [0, 0.1) is 0 Å². The fraction of sp³-hybridized carbons (Fsp3) is 0.240. The van der Waals surface area contributed by atoms with E-state index in [-0.39, 0.29) is 23.8 Å². The Balaban J connectivity index is 1.40. The van der Waals surface area contributed by atoms with Gasteiger partial charge in [0.15, 0.2) is 5.82 Å². The van der Waals surface area contributed by atoms with Crippen molar-refractivity contribution in [2.75, 3.05) is 11.9 Å². The van der Waals surface area contributed by atoms with Crippen LogP contribution in [0.25, 0.3) is 10.9 Å². The summed E-state index contributed by atoms with van der Waals surface area (Å²) in [5, 5.41) is 7.14. The predicted octanol–water partition coefficient (Wildman–Crippen LogP) is 3.26. The number of benzene rings is 2. The lowest BCUT2D eigenvalue weighted by molar-refractivity contribution is -0.121. The topological polar surface area (TPSA) is 91.8 Å². The molecule has 0 aliphatic rings. The van der Waals surface area contributed by atoms with E-state index in [1.54, 1.807) is 6.20 Å². The molecule has 4 aromatic rings. The van der Waals surface area contributed by atoms with E-state index in [9.17, 15) is 9.59 Å². The van der Waals surface area contributed by atoms with E-state index >= 15 is 0 Å². The highest BCUT2D eigenvalue weighted by Crippen LogP contribution is 2.14. The summed E-state index contributed by atoms with van der Waals surface area (Å²) < 4.78 is 1.50. The van der Waals surface area contributed by atoms with Gasteiger partial charge < -0.3 is 15.6 Å². The van der Waals surface area contributed by atoms with Gasteiger partial charge in [-0.1, -0.05) is 43.3 Å². The smallest absolute Gasteiger partial charge is 0.293 e. The van der Waals surface area contributed by atoms with Crippen LogP contribution in [-0.2, 0) is 30.7 Å². The number of H-pyrrole nitrogens is 1. The fourth-order valence-corrected chi connectivity index (χ4v) is 3.68. The summed E-state index contributed by atoms with van der Waals surface area (Å²) in [6.07, 6.45) is 4.95. The number of nitrogens with one attached hydrogen (secondary N) is 3. The Bertz CT molecular complexity index is 1260. The van der Waals surface area contributed by atoms with Gasteiger partial charge in [0.2, 0.25) is 5.91 Å². The van der Waals surface area contributed by atoms with Gasteiger partial charge in [0.05, 0.1) is 0 Å². The summed E-state index contributed by atoms with van der Waals surface area (Å²) in [4.78, 5) is 33.0. The summed E-state index contributed by atoms with van der Waals surface area (Å²) >= 11 is 0. The van der Waals surface area contributed by atoms with Crippen molar-refractivity contribution in [1.82, 2.24) is 19.9 Å². The van der Waals surface area contributed by atoms with Gasteiger partial charge in [-0.3, -0.25) is 14.2 Å². The van der Waals surface area contributed by atoms with E-state index in [1.165, 1.54) is 10.1 Å². The van der Waals surface area contributed by atoms with Gasteiger partial charge in [-0.25, -0.2) is 4.98 Å². The number of fused-ring (bicyclic) bond motifs is 1. The van der Waals surface area contributed by atoms with E-state index in [0.29, 0.717) is 19.5 Å². The van der Waals surface area contributed by atoms with Crippen LogP contribution in [0.15, 0.2) is 71.8 Å². The molecule has 2 heterocycles. The molecule has 0 radical (unpaired) electrons. The summed E-state index contributed by atoms with van der Waals surface area (Å²) in [6.45, 7) is 2.90. The van der Waals surface area contributed by atoms with Crippen LogP contribution in [0.1, 0.15) is 23.7 Å². The number of aryl methyl sites for hydroxylation is 1. The van der Waals surface area contributed by atoms with E-state index in [1.807, 2.05) is 67.7 Å². The normalized spacial score (nSPS) is 10.9. The number of aromatic amines is 1. The second kappa shape index (κ2) is 9.96. The van der Waals surface area contributed by atoms with Gasteiger partial charge in [-0.2, -0.15) is 0 Å². The zero-order valence-corrected chi connectivity index (χ0v) is 18.1. The third kappa shape index (κ3) is 5.06. The van der Waals surface area contributed by atoms with E-state index in [4.69, 9.17) is 0 Å². The Morgan fingerprint density at radius 3 is 2.75 bits per heavy atom. The van der Waals surface area contributed by atoms with Crippen LogP contribution >= 0.6 is 0 Å². The fourth-order valence-electron chi connectivity index (χ4n) is 3.68. The quantitative estimate of drug-likeness (QED) is 0.381. The Hall–Kier alpha value is -3.87. The average Bonchev–Trinajstić information content (AvgIpc) is 3.29. The first-order valence-electron chi connectivity index (χ1n) is 10.8. The van der Waals surface area contributed by atoms with Crippen molar-refractivity contribution in [1.29, 1.82) is 0 Å². The molecule has 3 N–H and O–H groups in total. The molecule has 2 aromatic heterocycles. The van der Waals surface area contributed by atoms with Crippen LogP contribution in [-0.4, -0.2) is 27.0 Å². The van der Waals surface area contributed by atoms with E-state index < -0.39 is 0 Å². The zero-order chi connectivity index (χ0) is 22.3. The summed E-state index contributed by atoms with van der Waals surface area (Å²) in [7, 11) is 0. The Morgan fingerprint density at radius 2 is 1.94 bits per heavy atom. The maximum absolute atomic E-state index is 13.0. The zero-order valence-electron chi connectivity index (χ0n) is 18.1. The molecule has 0 saturated heterocycles. The molecule has 0 aliphatic carbocycles. The van der Waals surface area contributed by atoms with Crippen molar-refractivity contribution in [2.24, 2.45) is 0 Å². The third-order valence-electron chi connectivity index (χ3n) is 5.46. The van der Waals surface area contributed by atoms with E-state index in [2.05, 4.69) is 20.6 Å². The first-order valence-corrected chi connectivity index (χ1v) is 10.8. The van der Waals surface area contributed by atoms with Crippen LogP contribution in [0.5, 0.6) is 0 Å². The van der Waals surface area contributed by atoms with Crippen LogP contribution in [0.2, 0.25) is 0 Å². The lowest BCUT2D eigenvalue weighted by Gasteiger charge is -2.14. The molecule has 0 saturated carbocycles. The minimum Gasteiger partial charge on any atom is -0.365 e. The standard InChI is InChI=1S/C25H27N5O2/c1-2-21-16-29-24(27-12-10-18-6-4-3-5-7-18)25(32)30(21)17-23(31)28-15-19-8-9-22-20(14-19)11-13-26-22/h3-9,11,13-14,16,26H,2,10,12,15,17H2,1H3,(H,27,29)(H,28,31). The van der Waals surface area contributed by atoms with Gasteiger partial charge in [0.25, 0.3) is 5.56 Å². The molecule has 2 aromatic carbocycles. The van der Waals surface area contributed by atoms with Crippen molar-refractivity contribution in [3.63, 3.8) is 0 Å². The molecule has 0 atom stereocenters. The first kappa shape index (κ1) is 21.4. The van der Waals surface area contributed by atoms with Crippen molar-refractivity contribution in [2.45, 2.75) is 32.9 Å². The molecule has 164 valence electrons. The largest absolute Gasteiger partial charge is 0.365 e. The molecule has 4 rings (SSSR count). The Morgan fingerprint density at radius 1 is 1.09 bits per heavy atom. The molecule has 7 nitrogen and oxygen atoms in total. The van der Waals surface area contributed by atoms with Crippen LogP contribution < -0.4 is 16.2 Å². The van der Waals surface area contributed by atoms with Gasteiger partial charge in [0, 0.05) is 36.7 Å². The maximum atomic E-state index is 13.0. The van der Waals surface area contributed by atoms with E-state index in [0.717, 1.165) is 28.6 Å². The number of amides is 1. The van der Waals surface area contributed by atoms with Gasteiger partial charge >= 0.3 is 0 Å². The number of anilines is 1. The van der Waals surface area contributed by atoms with Gasteiger partial charge in [-0.15, -0.1) is 0 Å². The van der Waals surface area contributed by atoms with Gasteiger partial charge in [0.1, 0.15) is 6.54 Å². The van der Waals surface area contributed by atoms with Crippen molar-refractivity contribution in [3.8, 4) is 0 Å². The molecule has 0 bridgehead atoms. The average molecular weight is 430 g/mol. The number of carbonyl (C=O) groups excluding carboxylic acids is 1. The van der Waals surface area contributed by atoms with Crippen LogP contribution in [0.4, 0.5) is 5.82 Å². The second-order valence-corrected chi connectivity index (χ2v) is 7.68. The number of hydrogen-bond donors (Lipinski definition) is 3. The van der Waals surface area contributed by atoms with Crippen molar-refractivity contribution < 1.29 is 4.79 Å². The predicted molar refractivity (Wildman–Crippen MR) is 127 cm³/mol. The molecular weight excluding hydrogens is 402 g/mol.